The molecule has 0 radical (unpaired) electrons. The predicted octanol–water partition coefficient (Wildman–Crippen LogP) is 4.08. The maximum absolute atomic E-state index is 13.7. The van der Waals surface area contributed by atoms with Crippen molar-refractivity contribution in [2.75, 3.05) is 22.9 Å². The highest BCUT2D eigenvalue weighted by Gasteiger charge is 2.36. The first-order chi connectivity index (χ1) is 18.5. The van der Waals surface area contributed by atoms with Crippen molar-refractivity contribution in [3.63, 3.8) is 0 Å². The van der Waals surface area contributed by atoms with Gasteiger partial charge in [-0.1, -0.05) is 22.9 Å². The summed E-state index contributed by atoms with van der Waals surface area (Å²) < 4.78 is 63.3. The number of alkyl halides is 3. The summed E-state index contributed by atoms with van der Waals surface area (Å²) in [5.74, 6) is -1.47. The number of hydrogen-bond acceptors (Lipinski definition) is 8. The highest BCUT2D eigenvalue weighted by Crippen LogP contribution is 2.41. The molecule has 11 nitrogen and oxygen atoms in total. The molecule has 0 fully saturated rings. The summed E-state index contributed by atoms with van der Waals surface area (Å²) in [6.07, 6.45) is -3.18. The molecule has 17 heteroatoms. The zero-order valence-corrected chi connectivity index (χ0v) is 23.3. The number of carbonyl (C=O) groups excluding carboxylic acids is 2. The standard InChI is InChI=1S/C23H23ClF3N7O4S2/c1-22(2,33-11-4-5-15(24)12(8-11)19(35)29-6-3-7-40(28,37)38)20(36)32-21-31-17-14(23(25,26)27)9-16-13(10-30-34-16)18(17)39-21/h4-5,8-10,33H,3,6-7H2,1-2H3,(H,29,35)(H,30,34)(H2,28,37,38)(H,31,32,36). The molecule has 2 heterocycles. The van der Waals surface area contributed by atoms with Gasteiger partial charge in [-0.05, 0) is 44.5 Å². The number of fused-ring (bicyclic) bond motifs is 3. The summed E-state index contributed by atoms with van der Waals surface area (Å²) in [6, 6.07) is 5.32. The van der Waals surface area contributed by atoms with Gasteiger partial charge in [0.15, 0.2) is 5.13 Å². The van der Waals surface area contributed by atoms with Gasteiger partial charge in [0, 0.05) is 17.6 Å². The van der Waals surface area contributed by atoms with Crippen molar-refractivity contribution in [2.24, 2.45) is 5.14 Å². The van der Waals surface area contributed by atoms with Gasteiger partial charge in [0.2, 0.25) is 10.0 Å². The fraction of sp³-hybridized carbons (Fsp3) is 0.304. The minimum Gasteiger partial charge on any atom is -0.372 e. The number of nitrogens with two attached hydrogens (primary N) is 1. The molecule has 2 aromatic heterocycles. The number of hydrogen-bond donors (Lipinski definition) is 5. The van der Waals surface area contributed by atoms with Gasteiger partial charge in [0.1, 0.15) is 5.54 Å². The summed E-state index contributed by atoms with van der Waals surface area (Å²) in [5.41, 5.74) is -1.95. The highest BCUT2D eigenvalue weighted by molar-refractivity contribution is 7.89. The van der Waals surface area contributed by atoms with Gasteiger partial charge in [-0.2, -0.15) is 18.3 Å². The van der Waals surface area contributed by atoms with Crippen LogP contribution in [0.5, 0.6) is 0 Å². The maximum Gasteiger partial charge on any atom is 0.418 e. The largest absolute Gasteiger partial charge is 0.418 e. The fourth-order valence-corrected chi connectivity index (χ4v) is 5.52. The average molecular weight is 618 g/mol. The van der Waals surface area contributed by atoms with Crippen LogP contribution >= 0.6 is 22.9 Å². The van der Waals surface area contributed by atoms with Crippen molar-refractivity contribution in [2.45, 2.75) is 32.0 Å². The number of nitrogens with zero attached hydrogens (tertiary/aromatic N) is 2. The summed E-state index contributed by atoms with van der Waals surface area (Å²) in [6.45, 7) is 3.11. The average Bonchev–Trinajstić information content (AvgIpc) is 3.47. The van der Waals surface area contributed by atoms with Crippen LogP contribution in [0.2, 0.25) is 5.02 Å². The van der Waals surface area contributed by atoms with E-state index in [-0.39, 0.29) is 50.2 Å². The number of aromatic amines is 1. The Kier molecular flexibility index (Phi) is 7.99. The molecule has 4 rings (SSSR count). The number of carbonyl (C=O) groups is 2. The lowest BCUT2D eigenvalue weighted by atomic mass is 10.0. The third-order valence-electron chi connectivity index (χ3n) is 5.74. The Morgan fingerprint density at radius 3 is 2.60 bits per heavy atom. The van der Waals surface area contributed by atoms with E-state index in [9.17, 15) is 31.2 Å². The van der Waals surface area contributed by atoms with Crippen LogP contribution in [-0.2, 0) is 21.0 Å². The molecule has 2 amide bonds. The second-order valence-electron chi connectivity index (χ2n) is 9.33. The molecule has 0 spiro atoms. The van der Waals surface area contributed by atoms with Crippen LogP contribution < -0.4 is 21.1 Å². The molecule has 4 aromatic rings. The van der Waals surface area contributed by atoms with Crippen molar-refractivity contribution in [1.29, 1.82) is 0 Å². The summed E-state index contributed by atoms with van der Waals surface area (Å²) in [5, 5.41) is 19.9. The number of aromatic nitrogens is 3. The van der Waals surface area contributed by atoms with Gasteiger partial charge >= 0.3 is 6.18 Å². The molecule has 0 aliphatic heterocycles. The zero-order valence-electron chi connectivity index (χ0n) is 20.9. The summed E-state index contributed by atoms with van der Waals surface area (Å²) in [4.78, 5) is 29.8. The molecule has 2 aromatic carbocycles. The molecule has 40 heavy (non-hydrogen) atoms. The first kappa shape index (κ1) is 29.5. The summed E-state index contributed by atoms with van der Waals surface area (Å²) >= 11 is 7.04. The van der Waals surface area contributed by atoms with E-state index in [1.54, 1.807) is 0 Å². The molecule has 0 atom stereocenters. The Bertz CT molecular complexity index is 1720. The number of amides is 2. The van der Waals surface area contributed by atoms with E-state index in [0.717, 1.165) is 17.4 Å². The number of rotatable bonds is 9. The predicted molar refractivity (Wildman–Crippen MR) is 147 cm³/mol. The maximum atomic E-state index is 13.7. The van der Waals surface area contributed by atoms with Crippen molar-refractivity contribution in [3.05, 3.63) is 46.6 Å². The lowest BCUT2D eigenvalue weighted by Crippen LogP contribution is -2.44. The van der Waals surface area contributed by atoms with Crippen molar-refractivity contribution >= 4 is 76.7 Å². The molecule has 0 unspecified atom stereocenters. The van der Waals surface area contributed by atoms with Gasteiger partial charge in [0.05, 0.1) is 43.8 Å². The Morgan fingerprint density at radius 2 is 1.93 bits per heavy atom. The number of anilines is 2. The molecular formula is C23H23ClF3N7O4S2. The first-order valence-electron chi connectivity index (χ1n) is 11.6. The number of benzene rings is 2. The van der Waals surface area contributed by atoms with E-state index < -0.39 is 39.1 Å². The minimum atomic E-state index is -4.67. The third kappa shape index (κ3) is 6.63. The minimum absolute atomic E-state index is 0.0373. The third-order valence-corrected chi connectivity index (χ3v) is 7.93. The van der Waals surface area contributed by atoms with E-state index in [4.69, 9.17) is 16.7 Å². The van der Waals surface area contributed by atoms with E-state index in [1.807, 2.05) is 0 Å². The number of sulfonamides is 1. The van der Waals surface area contributed by atoms with Gasteiger partial charge in [-0.3, -0.25) is 20.0 Å². The van der Waals surface area contributed by atoms with Gasteiger partial charge < -0.3 is 10.6 Å². The second-order valence-corrected chi connectivity index (χ2v) is 12.5. The molecule has 0 saturated heterocycles. The Labute approximate surface area is 234 Å². The molecule has 0 bridgehead atoms. The van der Waals surface area contributed by atoms with Crippen LogP contribution in [0.4, 0.5) is 24.0 Å². The Balaban J connectivity index is 1.51. The van der Waals surface area contributed by atoms with E-state index in [0.29, 0.717) is 11.1 Å². The normalized spacial score (nSPS) is 12.6. The van der Waals surface area contributed by atoms with Gasteiger partial charge in [-0.25, -0.2) is 18.5 Å². The second kappa shape index (κ2) is 10.8. The summed E-state index contributed by atoms with van der Waals surface area (Å²) in [7, 11) is -3.66. The topological polar surface area (TPSA) is 172 Å². The van der Waals surface area contributed by atoms with Crippen LogP contribution in [-0.4, -0.2) is 53.3 Å². The first-order valence-corrected chi connectivity index (χ1v) is 14.5. The smallest absolute Gasteiger partial charge is 0.372 e. The number of primary sulfonamides is 1. The molecule has 0 aliphatic rings. The molecule has 0 saturated carbocycles. The lowest BCUT2D eigenvalue weighted by Gasteiger charge is -2.26. The van der Waals surface area contributed by atoms with E-state index >= 15 is 0 Å². The SMILES string of the molecule is CC(C)(Nc1ccc(Cl)c(C(=O)NCCCS(N)(=O)=O)c1)C(=O)Nc1nc2c(C(F)(F)F)cc3[nH]ncc3c2s1. The van der Waals surface area contributed by atoms with Gasteiger partial charge in [-0.15, -0.1) is 0 Å². The van der Waals surface area contributed by atoms with Crippen LogP contribution in [0.15, 0.2) is 30.5 Å². The number of thiazole rings is 1. The molecule has 6 N–H and O–H groups in total. The van der Waals surface area contributed by atoms with Crippen LogP contribution in [0, 0.1) is 0 Å². The van der Waals surface area contributed by atoms with Crippen molar-refractivity contribution in [1.82, 2.24) is 20.5 Å². The molecular weight excluding hydrogens is 595 g/mol. The van der Waals surface area contributed by atoms with Crippen LogP contribution in [0.25, 0.3) is 21.1 Å². The molecule has 214 valence electrons. The van der Waals surface area contributed by atoms with E-state index in [1.165, 1.54) is 38.2 Å². The quantitative estimate of drug-likeness (QED) is 0.176. The highest BCUT2D eigenvalue weighted by atomic mass is 35.5. The number of nitrogens with one attached hydrogen (secondary N) is 4. The zero-order chi connectivity index (χ0) is 29.5. The van der Waals surface area contributed by atoms with Crippen molar-refractivity contribution < 1.29 is 31.2 Å². The lowest BCUT2D eigenvalue weighted by molar-refractivity contribution is -0.136. The monoisotopic (exact) mass is 617 g/mol. The van der Waals surface area contributed by atoms with Crippen LogP contribution in [0.1, 0.15) is 36.2 Å². The number of H-pyrrole nitrogens is 1. The Hall–Kier alpha value is -3.47. The number of halogens is 4. The fourth-order valence-electron chi connectivity index (χ4n) is 3.77. The van der Waals surface area contributed by atoms with Crippen molar-refractivity contribution in [3.8, 4) is 0 Å². The Morgan fingerprint density at radius 1 is 1.20 bits per heavy atom. The van der Waals surface area contributed by atoms with E-state index in [2.05, 4.69) is 31.1 Å². The van der Waals surface area contributed by atoms with Gasteiger partial charge in [0.25, 0.3) is 11.8 Å². The molecule has 0 aliphatic carbocycles. The van der Waals surface area contributed by atoms with Crippen LogP contribution in [0.3, 0.4) is 0 Å².